The van der Waals surface area contributed by atoms with Gasteiger partial charge >= 0.3 is 0 Å². The van der Waals surface area contributed by atoms with Gasteiger partial charge in [-0.25, -0.2) is 12.8 Å². The zero-order valence-electron chi connectivity index (χ0n) is 19.5. The van der Waals surface area contributed by atoms with Gasteiger partial charge in [-0.2, -0.15) is 0 Å². The number of aryl methyl sites for hydroxylation is 2. The van der Waals surface area contributed by atoms with Crippen LogP contribution in [0.2, 0.25) is 0 Å². The van der Waals surface area contributed by atoms with Gasteiger partial charge in [0.2, 0.25) is 5.91 Å². The van der Waals surface area contributed by atoms with Crippen molar-refractivity contribution in [3.05, 3.63) is 83.2 Å². The molecular weight excluding hydrogens is 459 g/mol. The van der Waals surface area contributed by atoms with E-state index in [1.807, 2.05) is 19.9 Å². The maximum Gasteiger partial charge on any atom is 0.264 e. The number of amides is 1. The van der Waals surface area contributed by atoms with Gasteiger partial charge in [0.15, 0.2) is 11.5 Å². The molecule has 1 N–H and O–H groups in total. The van der Waals surface area contributed by atoms with Crippen LogP contribution in [-0.4, -0.2) is 35.1 Å². The van der Waals surface area contributed by atoms with Crippen molar-refractivity contribution in [1.29, 1.82) is 0 Å². The van der Waals surface area contributed by atoms with Gasteiger partial charge in [0.25, 0.3) is 10.0 Å². The Morgan fingerprint density at radius 1 is 0.941 bits per heavy atom. The van der Waals surface area contributed by atoms with Gasteiger partial charge in [-0.05, 0) is 55.3 Å². The number of hydrogen-bond donors (Lipinski definition) is 1. The summed E-state index contributed by atoms with van der Waals surface area (Å²) in [5.74, 6) is -0.409. The molecule has 0 aliphatic rings. The number of benzene rings is 3. The van der Waals surface area contributed by atoms with Crippen molar-refractivity contribution >= 4 is 21.6 Å². The highest BCUT2D eigenvalue weighted by Gasteiger charge is 2.28. The van der Waals surface area contributed by atoms with Crippen LogP contribution in [0, 0.1) is 19.7 Å². The summed E-state index contributed by atoms with van der Waals surface area (Å²) >= 11 is 0. The summed E-state index contributed by atoms with van der Waals surface area (Å²) in [5, 5.41) is 2.60. The average Bonchev–Trinajstić information content (AvgIpc) is 2.80. The quantitative estimate of drug-likeness (QED) is 0.495. The summed E-state index contributed by atoms with van der Waals surface area (Å²) < 4.78 is 52.8. The molecule has 0 heterocycles. The van der Waals surface area contributed by atoms with E-state index in [9.17, 15) is 17.6 Å². The average molecular weight is 487 g/mol. The minimum atomic E-state index is -4.17. The van der Waals surface area contributed by atoms with Gasteiger partial charge in [0, 0.05) is 18.2 Å². The first-order chi connectivity index (χ1) is 16.1. The van der Waals surface area contributed by atoms with Crippen molar-refractivity contribution in [2.75, 3.05) is 25.1 Å². The molecule has 0 aliphatic carbocycles. The van der Waals surface area contributed by atoms with Crippen LogP contribution >= 0.6 is 0 Å². The highest BCUT2D eigenvalue weighted by atomic mass is 32.2. The lowest BCUT2D eigenvalue weighted by molar-refractivity contribution is -0.119. The molecule has 0 aliphatic heterocycles. The third-order valence-corrected chi connectivity index (χ3v) is 6.93. The number of nitrogens with one attached hydrogen (secondary N) is 1. The molecule has 0 spiro atoms. The lowest BCUT2D eigenvalue weighted by Gasteiger charge is -2.25. The molecule has 7 nitrogen and oxygen atoms in total. The van der Waals surface area contributed by atoms with Crippen molar-refractivity contribution in [1.82, 2.24) is 5.32 Å². The van der Waals surface area contributed by atoms with Crippen LogP contribution in [-0.2, 0) is 21.4 Å². The molecule has 3 aromatic rings. The van der Waals surface area contributed by atoms with Gasteiger partial charge in [-0.3, -0.25) is 9.10 Å². The molecule has 1 amide bonds. The largest absolute Gasteiger partial charge is 0.493 e. The molecule has 0 fully saturated rings. The Bertz CT molecular complexity index is 1270. The Morgan fingerprint density at radius 3 is 2.21 bits per heavy atom. The molecule has 0 aromatic heterocycles. The van der Waals surface area contributed by atoms with Gasteiger partial charge in [0.1, 0.15) is 12.4 Å². The Kier molecular flexibility index (Phi) is 7.78. The molecule has 0 saturated carbocycles. The monoisotopic (exact) mass is 486 g/mol. The fourth-order valence-corrected chi connectivity index (χ4v) is 4.96. The standard InChI is InChI=1S/C25H27FN2O5S/c1-17-11-18(2)13-20(12-17)28(16-25(29)27-15-19-7-5-6-8-22(19)26)34(30,31)21-9-10-23(32-3)24(14-21)33-4/h5-14H,15-16H2,1-4H3,(H,27,29). The predicted molar refractivity (Wildman–Crippen MR) is 128 cm³/mol. The first-order valence-electron chi connectivity index (χ1n) is 10.5. The van der Waals surface area contributed by atoms with E-state index in [0.29, 0.717) is 17.0 Å². The van der Waals surface area contributed by atoms with E-state index in [2.05, 4.69) is 5.32 Å². The second-order valence-electron chi connectivity index (χ2n) is 7.74. The van der Waals surface area contributed by atoms with Crippen molar-refractivity contribution in [3.63, 3.8) is 0 Å². The Morgan fingerprint density at radius 2 is 1.59 bits per heavy atom. The smallest absolute Gasteiger partial charge is 0.264 e. The summed E-state index contributed by atoms with van der Waals surface area (Å²) in [4.78, 5) is 12.7. The minimum Gasteiger partial charge on any atom is -0.493 e. The van der Waals surface area contributed by atoms with Crippen molar-refractivity contribution < 1.29 is 27.1 Å². The zero-order chi connectivity index (χ0) is 24.9. The maximum absolute atomic E-state index is 13.9. The van der Waals surface area contributed by atoms with Gasteiger partial charge < -0.3 is 14.8 Å². The van der Waals surface area contributed by atoms with E-state index < -0.39 is 28.3 Å². The van der Waals surface area contributed by atoms with Crippen molar-refractivity contribution in [2.24, 2.45) is 0 Å². The van der Waals surface area contributed by atoms with Crippen LogP contribution in [0.4, 0.5) is 10.1 Å². The SMILES string of the molecule is COc1ccc(S(=O)(=O)N(CC(=O)NCc2ccccc2F)c2cc(C)cc(C)c2)cc1OC. The number of rotatable bonds is 9. The highest BCUT2D eigenvalue weighted by molar-refractivity contribution is 7.92. The predicted octanol–water partition coefficient (Wildman–Crippen LogP) is 3.97. The molecular formula is C25H27FN2O5S. The number of nitrogens with zero attached hydrogens (tertiary/aromatic N) is 1. The first kappa shape index (κ1) is 25.0. The molecule has 3 aromatic carbocycles. The Labute approximate surface area is 199 Å². The van der Waals surface area contributed by atoms with E-state index in [1.165, 1.54) is 38.5 Å². The molecule has 3 rings (SSSR count). The summed E-state index contributed by atoms with van der Waals surface area (Å²) in [6, 6.07) is 15.6. The molecule has 0 saturated heterocycles. The summed E-state index contributed by atoms with van der Waals surface area (Å²) in [5.41, 5.74) is 2.33. The highest BCUT2D eigenvalue weighted by Crippen LogP contribution is 2.32. The second-order valence-corrected chi connectivity index (χ2v) is 9.60. The first-order valence-corrected chi connectivity index (χ1v) is 11.9. The Balaban J connectivity index is 1.97. The van der Waals surface area contributed by atoms with E-state index in [4.69, 9.17) is 9.47 Å². The number of anilines is 1. The number of methoxy groups -OCH3 is 2. The number of halogens is 1. The fraction of sp³-hybridized carbons (Fsp3) is 0.240. The zero-order valence-corrected chi connectivity index (χ0v) is 20.3. The van der Waals surface area contributed by atoms with Crippen molar-refractivity contribution in [3.8, 4) is 11.5 Å². The van der Waals surface area contributed by atoms with Crippen LogP contribution in [0.25, 0.3) is 0 Å². The lowest BCUT2D eigenvalue weighted by Crippen LogP contribution is -2.40. The molecule has 9 heteroatoms. The topological polar surface area (TPSA) is 84.9 Å². The number of carbonyl (C=O) groups is 1. The molecule has 0 bridgehead atoms. The van der Waals surface area contributed by atoms with E-state index >= 15 is 0 Å². The molecule has 0 radical (unpaired) electrons. The van der Waals surface area contributed by atoms with Crippen LogP contribution in [0.1, 0.15) is 16.7 Å². The van der Waals surface area contributed by atoms with Crippen LogP contribution in [0.3, 0.4) is 0 Å². The Hall–Kier alpha value is -3.59. The number of hydrogen-bond acceptors (Lipinski definition) is 5. The van der Waals surface area contributed by atoms with Crippen LogP contribution in [0.5, 0.6) is 11.5 Å². The van der Waals surface area contributed by atoms with Crippen LogP contribution < -0.4 is 19.1 Å². The molecule has 34 heavy (non-hydrogen) atoms. The number of carbonyl (C=O) groups excluding carboxylic acids is 1. The molecule has 180 valence electrons. The normalized spacial score (nSPS) is 11.1. The summed E-state index contributed by atoms with van der Waals surface area (Å²) in [6.07, 6.45) is 0. The maximum atomic E-state index is 13.9. The van der Waals surface area contributed by atoms with E-state index in [1.54, 1.807) is 30.3 Å². The van der Waals surface area contributed by atoms with Gasteiger partial charge in [-0.1, -0.05) is 24.3 Å². The fourth-order valence-electron chi connectivity index (χ4n) is 3.54. The number of sulfonamides is 1. The third-order valence-electron chi connectivity index (χ3n) is 5.16. The number of ether oxygens (including phenoxy) is 2. The van der Waals surface area contributed by atoms with Gasteiger partial charge in [-0.15, -0.1) is 0 Å². The van der Waals surface area contributed by atoms with Crippen LogP contribution in [0.15, 0.2) is 65.6 Å². The second kappa shape index (κ2) is 10.6. The van der Waals surface area contributed by atoms with Crippen molar-refractivity contribution in [2.45, 2.75) is 25.3 Å². The van der Waals surface area contributed by atoms with E-state index in [-0.39, 0.29) is 17.2 Å². The molecule has 0 atom stereocenters. The van der Waals surface area contributed by atoms with Gasteiger partial charge in [0.05, 0.1) is 24.8 Å². The lowest BCUT2D eigenvalue weighted by atomic mass is 10.1. The summed E-state index contributed by atoms with van der Waals surface area (Å²) in [6.45, 7) is 3.13. The van der Waals surface area contributed by atoms with E-state index in [0.717, 1.165) is 15.4 Å². The summed E-state index contributed by atoms with van der Waals surface area (Å²) in [7, 11) is -1.31. The molecule has 0 unspecified atom stereocenters. The third kappa shape index (κ3) is 5.66. The minimum absolute atomic E-state index is 0.0637.